The fourth-order valence-electron chi connectivity index (χ4n) is 3.64. The van der Waals surface area contributed by atoms with Gasteiger partial charge in [-0.3, -0.25) is 24.3 Å². The molecule has 0 unspecified atom stereocenters. The van der Waals surface area contributed by atoms with E-state index >= 15 is 0 Å². The van der Waals surface area contributed by atoms with Gasteiger partial charge >= 0.3 is 0 Å². The molecule has 3 amide bonds. The SMILES string of the molecule is CC(=O)Nc1ccc(C2=C(N(C)c3ccccc3)C(=O)N(Cc3ccccn3)C2=O)cc1. The average Bonchev–Trinajstić information content (AvgIpc) is 3.05. The van der Waals surface area contributed by atoms with E-state index < -0.39 is 0 Å². The van der Waals surface area contributed by atoms with Crippen molar-refractivity contribution in [2.75, 3.05) is 17.3 Å². The topological polar surface area (TPSA) is 82.6 Å². The van der Waals surface area contributed by atoms with E-state index in [1.54, 1.807) is 54.5 Å². The molecular weight excluding hydrogens is 404 g/mol. The van der Waals surface area contributed by atoms with Crippen LogP contribution in [-0.2, 0) is 20.9 Å². The molecule has 7 nitrogen and oxygen atoms in total. The lowest BCUT2D eigenvalue weighted by Gasteiger charge is -2.21. The average molecular weight is 426 g/mol. The first kappa shape index (κ1) is 21.0. The lowest BCUT2D eigenvalue weighted by atomic mass is 10.0. The highest BCUT2D eigenvalue weighted by molar-refractivity contribution is 6.36. The zero-order valence-corrected chi connectivity index (χ0v) is 17.8. The van der Waals surface area contributed by atoms with Crippen molar-refractivity contribution in [1.82, 2.24) is 9.88 Å². The zero-order chi connectivity index (χ0) is 22.7. The number of anilines is 2. The number of amides is 3. The largest absolute Gasteiger partial charge is 0.339 e. The summed E-state index contributed by atoms with van der Waals surface area (Å²) in [4.78, 5) is 45.4. The fraction of sp³-hybridized carbons (Fsp3) is 0.120. The van der Waals surface area contributed by atoms with Crippen molar-refractivity contribution in [3.63, 3.8) is 0 Å². The van der Waals surface area contributed by atoms with Gasteiger partial charge in [-0.05, 0) is 42.0 Å². The molecule has 1 aliphatic rings. The zero-order valence-electron chi connectivity index (χ0n) is 17.8. The Morgan fingerprint density at radius 1 is 0.938 bits per heavy atom. The van der Waals surface area contributed by atoms with Gasteiger partial charge in [0.25, 0.3) is 11.8 Å². The number of imide groups is 1. The van der Waals surface area contributed by atoms with Crippen LogP contribution in [-0.4, -0.2) is 34.7 Å². The van der Waals surface area contributed by atoms with Crippen molar-refractivity contribution in [2.24, 2.45) is 0 Å². The number of nitrogens with zero attached hydrogens (tertiary/aromatic N) is 3. The molecule has 1 aromatic heterocycles. The summed E-state index contributed by atoms with van der Waals surface area (Å²) in [5.41, 5.74) is 3.23. The molecule has 0 atom stereocenters. The third kappa shape index (κ3) is 4.13. The molecule has 160 valence electrons. The summed E-state index contributed by atoms with van der Waals surface area (Å²) in [6.07, 6.45) is 1.63. The van der Waals surface area contributed by atoms with Crippen molar-refractivity contribution in [1.29, 1.82) is 0 Å². The van der Waals surface area contributed by atoms with Crippen LogP contribution in [0.3, 0.4) is 0 Å². The molecular formula is C25H22N4O3. The molecule has 3 aromatic rings. The lowest BCUT2D eigenvalue weighted by Crippen LogP contribution is -2.34. The van der Waals surface area contributed by atoms with Gasteiger partial charge in [-0.15, -0.1) is 0 Å². The summed E-state index contributed by atoms with van der Waals surface area (Å²) >= 11 is 0. The number of aromatic nitrogens is 1. The highest BCUT2D eigenvalue weighted by Crippen LogP contribution is 2.34. The maximum absolute atomic E-state index is 13.5. The first-order chi connectivity index (χ1) is 15.5. The van der Waals surface area contributed by atoms with Crippen molar-refractivity contribution < 1.29 is 14.4 Å². The molecule has 0 radical (unpaired) electrons. The normalized spacial score (nSPS) is 13.5. The molecule has 4 rings (SSSR count). The predicted molar refractivity (Wildman–Crippen MR) is 122 cm³/mol. The van der Waals surface area contributed by atoms with Crippen LogP contribution in [0, 0.1) is 0 Å². The summed E-state index contributed by atoms with van der Waals surface area (Å²) in [7, 11) is 1.77. The Labute approximate surface area is 186 Å². The molecule has 0 saturated heterocycles. The van der Waals surface area contributed by atoms with Gasteiger partial charge < -0.3 is 10.2 Å². The number of likely N-dealkylation sites (N-methyl/N-ethyl adjacent to an activating group) is 1. The molecule has 0 spiro atoms. The molecule has 32 heavy (non-hydrogen) atoms. The Morgan fingerprint density at radius 3 is 2.25 bits per heavy atom. The van der Waals surface area contributed by atoms with Gasteiger partial charge in [-0.2, -0.15) is 0 Å². The van der Waals surface area contributed by atoms with E-state index in [4.69, 9.17) is 0 Å². The smallest absolute Gasteiger partial charge is 0.278 e. The minimum atomic E-state index is -0.384. The van der Waals surface area contributed by atoms with E-state index in [9.17, 15) is 14.4 Å². The minimum Gasteiger partial charge on any atom is -0.339 e. The van der Waals surface area contributed by atoms with E-state index in [0.29, 0.717) is 28.2 Å². The summed E-state index contributed by atoms with van der Waals surface area (Å²) in [6, 6.07) is 21.7. The first-order valence-electron chi connectivity index (χ1n) is 10.1. The Bertz CT molecular complexity index is 1190. The summed E-state index contributed by atoms with van der Waals surface area (Å²) in [5, 5.41) is 2.71. The van der Waals surface area contributed by atoms with E-state index in [-0.39, 0.29) is 24.3 Å². The van der Waals surface area contributed by atoms with Gasteiger partial charge in [0.05, 0.1) is 17.8 Å². The van der Waals surface area contributed by atoms with E-state index in [0.717, 1.165) is 5.69 Å². The maximum atomic E-state index is 13.5. The van der Waals surface area contributed by atoms with Crippen molar-refractivity contribution >= 4 is 34.7 Å². The number of hydrogen-bond donors (Lipinski definition) is 1. The molecule has 1 N–H and O–H groups in total. The number of benzene rings is 2. The number of nitrogens with one attached hydrogen (secondary N) is 1. The Kier molecular flexibility index (Phi) is 5.81. The van der Waals surface area contributed by atoms with Crippen LogP contribution < -0.4 is 10.2 Å². The van der Waals surface area contributed by atoms with Crippen LogP contribution in [0.15, 0.2) is 84.7 Å². The predicted octanol–water partition coefficient (Wildman–Crippen LogP) is 3.46. The van der Waals surface area contributed by atoms with Gasteiger partial charge in [-0.25, -0.2) is 0 Å². The molecule has 7 heteroatoms. The van der Waals surface area contributed by atoms with Crippen LogP contribution in [0.4, 0.5) is 11.4 Å². The molecule has 0 bridgehead atoms. The van der Waals surface area contributed by atoms with Gasteiger partial charge in [0, 0.05) is 31.5 Å². The third-order valence-electron chi connectivity index (χ3n) is 5.16. The summed E-state index contributed by atoms with van der Waals surface area (Å²) in [5.74, 6) is -0.950. The Morgan fingerprint density at radius 2 is 1.62 bits per heavy atom. The second-order valence-corrected chi connectivity index (χ2v) is 7.39. The van der Waals surface area contributed by atoms with Crippen LogP contribution in [0.5, 0.6) is 0 Å². The quantitative estimate of drug-likeness (QED) is 0.611. The highest BCUT2D eigenvalue weighted by atomic mass is 16.2. The number of hydrogen-bond acceptors (Lipinski definition) is 5. The van der Waals surface area contributed by atoms with Crippen LogP contribution in [0.2, 0.25) is 0 Å². The highest BCUT2D eigenvalue weighted by Gasteiger charge is 2.41. The molecule has 2 aromatic carbocycles. The Hall–Kier alpha value is -4.26. The number of rotatable bonds is 6. The van der Waals surface area contributed by atoms with Gasteiger partial charge in [0.1, 0.15) is 5.70 Å². The van der Waals surface area contributed by atoms with Gasteiger partial charge in [0.15, 0.2) is 0 Å². The monoisotopic (exact) mass is 426 g/mol. The van der Waals surface area contributed by atoms with Crippen molar-refractivity contribution in [3.8, 4) is 0 Å². The van der Waals surface area contributed by atoms with Crippen LogP contribution in [0.1, 0.15) is 18.2 Å². The number of para-hydroxylation sites is 1. The van der Waals surface area contributed by atoms with Crippen LogP contribution >= 0.6 is 0 Å². The van der Waals surface area contributed by atoms with Crippen molar-refractivity contribution in [3.05, 3.63) is 95.9 Å². The van der Waals surface area contributed by atoms with E-state index in [1.807, 2.05) is 36.4 Å². The van der Waals surface area contributed by atoms with Gasteiger partial charge in [-0.1, -0.05) is 36.4 Å². The minimum absolute atomic E-state index is 0.0815. The molecule has 1 aliphatic heterocycles. The van der Waals surface area contributed by atoms with Crippen molar-refractivity contribution in [2.45, 2.75) is 13.5 Å². The van der Waals surface area contributed by atoms with Crippen LogP contribution in [0.25, 0.3) is 5.57 Å². The fourth-order valence-corrected chi connectivity index (χ4v) is 3.64. The number of pyridine rings is 1. The maximum Gasteiger partial charge on any atom is 0.278 e. The van der Waals surface area contributed by atoms with E-state index in [1.165, 1.54) is 11.8 Å². The summed E-state index contributed by atoms with van der Waals surface area (Å²) < 4.78 is 0. The van der Waals surface area contributed by atoms with Gasteiger partial charge in [0.2, 0.25) is 5.91 Å². The first-order valence-corrected chi connectivity index (χ1v) is 10.1. The second kappa shape index (κ2) is 8.85. The molecule has 0 aliphatic carbocycles. The second-order valence-electron chi connectivity index (χ2n) is 7.39. The number of carbonyl (C=O) groups excluding carboxylic acids is 3. The van der Waals surface area contributed by atoms with E-state index in [2.05, 4.69) is 10.3 Å². The Balaban J connectivity index is 1.76. The third-order valence-corrected chi connectivity index (χ3v) is 5.16. The number of carbonyl (C=O) groups is 3. The molecule has 0 fully saturated rings. The molecule has 2 heterocycles. The standard InChI is InChI=1S/C25H22N4O3/c1-17(30)27-19-13-11-18(12-14-19)22-23(28(2)21-9-4-3-5-10-21)25(32)29(24(22)31)16-20-8-6-7-15-26-20/h3-15H,16H2,1-2H3,(H,27,30). The summed E-state index contributed by atoms with van der Waals surface area (Å²) in [6.45, 7) is 1.51. The lowest BCUT2D eigenvalue weighted by molar-refractivity contribution is -0.137. The molecule has 0 saturated carbocycles.